The number of carboxylic acid groups (broad SMARTS) is 1. The molecule has 1 aromatic rings. The summed E-state index contributed by atoms with van der Waals surface area (Å²) < 4.78 is 0. The fraction of sp³-hybridized carbons (Fsp3) is 0.611. The van der Waals surface area contributed by atoms with E-state index in [0.29, 0.717) is 0 Å². The van der Waals surface area contributed by atoms with Crippen LogP contribution in [-0.2, 0) is 11.2 Å². The summed E-state index contributed by atoms with van der Waals surface area (Å²) in [7, 11) is 0. The number of carbonyl (C=O) groups is 1. The molecule has 1 aliphatic heterocycles. The highest BCUT2D eigenvalue weighted by Crippen LogP contribution is 2.07. The van der Waals surface area contributed by atoms with Crippen molar-refractivity contribution < 1.29 is 9.90 Å². The number of hydrogen-bond donors (Lipinski definition) is 4. The molecule has 7 nitrogen and oxygen atoms in total. The second-order valence-corrected chi connectivity index (χ2v) is 6.50. The van der Waals surface area contributed by atoms with Crippen molar-refractivity contribution >= 4 is 11.7 Å². The Balaban J connectivity index is 1.88. The summed E-state index contributed by atoms with van der Waals surface area (Å²) in [6.45, 7) is 8.06. The lowest BCUT2D eigenvalue weighted by atomic mass is 10.1. The van der Waals surface area contributed by atoms with Gasteiger partial charge in [-0.3, -0.25) is 9.69 Å². The van der Waals surface area contributed by atoms with Crippen LogP contribution in [0.15, 0.2) is 24.3 Å². The lowest BCUT2D eigenvalue weighted by Gasteiger charge is -2.28. The van der Waals surface area contributed by atoms with E-state index in [1.807, 2.05) is 17.0 Å². The molecule has 140 valence electrons. The van der Waals surface area contributed by atoms with E-state index in [1.165, 1.54) is 5.56 Å². The monoisotopic (exact) mass is 349 g/mol. The third kappa shape index (κ3) is 8.31. The topological polar surface area (TPSA) is 93.9 Å². The van der Waals surface area contributed by atoms with Gasteiger partial charge in [0, 0.05) is 64.6 Å². The smallest absolute Gasteiger partial charge is 0.317 e. The van der Waals surface area contributed by atoms with Crippen molar-refractivity contribution in [3.8, 4) is 0 Å². The highest BCUT2D eigenvalue weighted by Gasteiger charge is 2.13. The van der Waals surface area contributed by atoms with E-state index < -0.39 is 5.97 Å². The number of benzene rings is 1. The zero-order chi connectivity index (χ0) is 17.9. The number of carboxylic acids is 1. The number of aliphatic carboxylic acids is 1. The van der Waals surface area contributed by atoms with Crippen molar-refractivity contribution in [3.05, 3.63) is 29.8 Å². The van der Waals surface area contributed by atoms with Gasteiger partial charge in [-0.1, -0.05) is 12.1 Å². The molecule has 5 N–H and O–H groups in total. The Morgan fingerprint density at radius 1 is 0.960 bits per heavy atom. The maximum atomic E-state index is 11.1. The quantitative estimate of drug-likeness (QED) is 0.542. The average molecular weight is 349 g/mol. The molecule has 0 radical (unpaired) electrons. The molecular weight excluding hydrogens is 318 g/mol. The molecule has 1 aliphatic rings. The zero-order valence-corrected chi connectivity index (χ0v) is 14.9. The highest BCUT2D eigenvalue weighted by atomic mass is 16.4. The van der Waals surface area contributed by atoms with E-state index in [4.69, 9.17) is 10.8 Å². The number of hydrogen-bond acceptors (Lipinski definition) is 6. The van der Waals surface area contributed by atoms with Gasteiger partial charge in [-0.2, -0.15) is 0 Å². The molecule has 0 unspecified atom stereocenters. The van der Waals surface area contributed by atoms with Gasteiger partial charge in [0.05, 0.1) is 6.54 Å². The van der Waals surface area contributed by atoms with Crippen molar-refractivity contribution in [2.45, 2.75) is 6.42 Å². The molecule has 7 heteroatoms. The first-order valence-corrected chi connectivity index (χ1v) is 9.06. The number of rotatable bonds is 5. The molecule has 25 heavy (non-hydrogen) atoms. The van der Waals surface area contributed by atoms with Crippen LogP contribution in [0.5, 0.6) is 0 Å². The maximum absolute atomic E-state index is 11.1. The fourth-order valence-corrected chi connectivity index (χ4v) is 2.95. The number of nitrogens with one attached hydrogen (secondary N) is 2. The molecule has 0 aliphatic carbocycles. The molecule has 1 fully saturated rings. The van der Waals surface area contributed by atoms with Crippen molar-refractivity contribution in [3.63, 3.8) is 0 Å². The van der Waals surface area contributed by atoms with Gasteiger partial charge in [0.25, 0.3) is 0 Å². The minimum atomic E-state index is -0.762. The van der Waals surface area contributed by atoms with Crippen LogP contribution in [-0.4, -0.2) is 86.3 Å². The molecule has 0 spiro atoms. The molecule has 0 bridgehead atoms. The Morgan fingerprint density at radius 2 is 1.56 bits per heavy atom. The zero-order valence-electron chi connectivity index (χ0n) is 14.9. The van der Waals surface area contributed by atoms with Crippen LogP contribution < -0.4 is 16.4 Å². The summed E-state index contributed by atoms with van der Waals surface area (Å²) in [6, 6.07) is 8.03. The van der Waals surface area contributed by atoms with Gasteiger partial charge in [0.2, 0.25) is 0 Å². The fourth-order valence-electron chi connectivity index (χ4n) is 2.95. The molecule has 1 saturated heterocycles. The third-order valence-electron chi connectivity index (χ3n) is 4.48. The van der Waals surface area contributed by atoms with Crippen molar-refractivity contribution in [1.82, 2.24) is 20.4 Å². The molecule has 0 aromatic heterocycles. The molecular formula is C18H31N5O2. The van der Waals surface area contributed by atoms with E-state index in [0.717, 1.165) is 71.0 Å². The van der Waals surface area contributed by atoms with E-state index in [-0.39, 0.29) is 6.54 Å². The van der Waals surface area contributed by atoms with Crippen LogP contribution >= 0.6 is 0 Å². The predicted octanol–water partition coefficient (Wildman–Crippen LogP) is -0.307. The Hall–Kier alpha value is -1.67. The summed E-state index contributed by atoms with van der Waals surface area (Å²) in [5.74, 6) is -0.762. The first-order valence-electron chi connectivity index (χ1n) is 9.06. The summed E-state index contributed by atoms with van der Waals surface area (Å²) in [6.07, 6.45) is 0.973. The standard InChI is InChI=1S/C18H31N5O2/c19-17-3-1-16(2-4-17)5-10-22-11-8-20-6-7-21-9-12-23(14-13-22)15-18(24)25/h1-4,20-21H,5-15,19H2,(H,24,25). The predicted molar refractivity (Wildman–Crippen MR) is 101 cm³/mol. The van der Waals surface area contributed by atoms with Gasteiger partial charge in [-0.25, -0.2) is 0 Å². The Labute approximate surface area is 150 Å². The molecule has 1 aromatic carbocycles. The molecule has 0 saturated carbocycles. The largest absolute Gasteiger partial charge is 0.480 e. The van der Waals surface area contributed by atoms with Gasteiger partial charge in [0.15, 0.2) is 0 Å². The number of nitrogens with zero attached hydrogens (tertiary/aromatic N) is 2. The summed E-state index contributed by atoms with van der Waals surface area (Å²) in [4.78, 5) is 15.5. The van der Waals surface area contributed by atoms with Crippen LogP contribution in [0.25, 0.3) is 0 Å². The number of nitrogens with two attached hydrogens (primary N) is 1. The number of nitrogen functional groups attached to an aromatic ring is 1. The van der Waals surface area contributed by atoms with Crippen LogP contribution in [0, 0.1) is 0 Å². The maximum Gasteiger partial charge on any atom is 0.317 e. The summed E-state index contributed by atoms with van der Waals surface area (Å²) in [5.41, 5.74) is 7.81. The van der Waals surface area contributed by atoms with E-state index >= 15 is 0 Å². The van der Waals surface area contributed by atoms with Crippen molar-refractivity contribution in [2.24, 2.45) is 0 Å². The summed E-state index contributed by atoms with van der Waals surface area (Å²) in [5, 5.41) is 15.9. The van der Waals surface area contributed by atoms with Gasteiger partial charge in [-0.15, -0.1) is 0 Å². The highest BCUT2D eigenvalue weighted by molar-refractivity contribution is 5.69. The van der Waals surface area contributed by atoms with E-state index in [2.05, 4.69) is 27.7 Å². The number of anilines is 1. The first kappa shape index (κ1) is 19.7. The molecule has 0 atom stereocenters. The molecule has 2 rings (SSSR count). The Bertz CT molecular complexity index is 509. The normalized spacial score (nSPS) is 19.0. The second-order valence-electron chi connectivity index (χ2n) is 6.50. The van der Waals surface area contributed by atoms with E-state index in [9.17, 15) is 4.79 Å². The van der Waals surface area contributed by atoms with Crippen molar-refractivity contribution in [2.75, 3.05) is 71.2 Å². The van der Waals surface area contributed by atoms with Gasteiger partial charge in [-0.05, 0) is 24.1 Å². The van der Waals surface area contributed by atoms with Crippen LogP contribution in [0.2, 0.25) is 0 Å². The third-order valence-corrected chi connectivity index (χ3v) is 4.48. The van der Waals surface area contributed by atoms with Crippen molar-refractivity contribution in [1.29, 1.82) is 0 Å². The molecule has 0 amide bonds. The molecule has 1 heterocycles. The second kappa shape index (κ2) is 11.0. The minimum Gasteiger partial charge on any atom is -0.480 e. The van der Waals surface area contributed by atoms with Crippen LogP contribution in [0.4, 0.5) is 5.69 Å². The van der Waals surface area contributed by atoms with Gasteiger partial charge < -0.3 is 26.4 Å². The average Bonchev–Trinajstić information content (AvgIpc) is 2.57. The van der Waals surface area contributed by atoms with Crippen LogP contribution in [0.3, 0.4) is 0 Å². The Morgan fingerprint density at radius 3 is 2.20 bits per heavy atom. The minimum absolute atomic E-state index is 0.103. The van der Waals surface area contributed by atoms with Gasteiger partial charge >= 0.3 is 5.97 Å². The summed E-state index contributed by atoms with van der Waals surface area (Å²) >= 11 is 0. The van der Waals surface area contributed by atoms with E-state index in [1.54, 1.807) is 0 Å². The lowest BCUT2D eigenvalue weighted by molar-refractivity contribution is -0.138. The Kier molecular flexibility index (Phi) is 8.68. The first-order chi connectivity index (χ1) is 12.1. The van der Waals surface area contributed by atoms with Crippen LogP contribution in [0.1, 0.15) is 5.56 Å². The lowest BCUT2D eigenvalue weighted by Crippen LogP contribution is -2.45. The van der Waals surface area contributed by atoms with Gasteiger partial charge in [0.1, 0.15) is 0 Å². The SMILES string of the molecule is Nc1ccc(CCN2CCNCCNCCN(CC(=O)O)CC2)cc1.